The highest BCUT2D eigenvalue weighted by atomic mass is 16.5. The predicted molar refractivity (Wildman–Crippen MR) is 78.9 cm³/mol. The van der Waals surface area contributed by atoms with E-state index in [1.54, 1.807) is 0 Å². The van der Waals surface area contributed by atoms with Gasteiger partial charge >= 0.3 is 5.97 Å². The highest BCUT2D eigenvalue weighted by Gasteiger charge is 2.41. The Kier molecular flexibility index (Phi) is 5.62. The van der Waals surface area contributed by atoms with Crippen molar-refractivity contribution in [3.05, 3.63) is 0 Å². The molecule has 2 fully saturated rings. The van der Waals surface area contributed by atoms with E-state index in [1.165, 1.54) is 0 Å². The minimum absolute atomic E-state index is 0.135. The number of likely N-dealkylation sites (tertiary alicyclic amines) is 1. The van der Waals surface area contributed by atoms with Crippen LogP contribution in [0.2, 0.25) is 0 Å². The Bertz CT molecular complexity index is 372. The molecule has 1 N–H and O–H groups in total. The smallest absolute Gasteiger partial charge is 0.309 e. The lowest BCUT2D eigenvalue weighted by atomic mass is 9.84. The summed E-state index contributed by atoms with van der Waals surface area (Å²) in [7, 11) is 0. The molecule has 120 valence electrons. The van der Waals surface area contributed by atoms with Crippen molar-refractivity contribution in [2.24, 2.45) is 17.8 Å². The molecule has 2 aliphatic heterocycles. The van der Waals surface area contributed by atoms with Gasteiger partial charge in [0.15, 0.2) is 0 Å². The topological polar surface area (TPSA) is 66.8 Å². The van der Waals surface area contributed by atoms with E-state index < -0.39 is 5.97 Å². The third-order valence-electron chi connectivity index (χ3n) is 5.10. The van der Waals surface area contributed by atoms with Crippen molar-refractivity contribution in [3.8, 4) is 0 Å². The zero-order valence-corrected chi connectivity index (χ0v) is 13.1. The lowest BCUT2D eigenvalue weighted by Gasteiger charge is -2.36. The summed E-state index contributed by atoms with van der Waals surface area (Å²) in [6, 6.07) is 0. The molecule has 2 rings (SSSR count). The minimum Gasteiger partial charge on any atom is -0.481 e. The van der Waals surface area contributed by atoms with Gasteiger partial charge in [-0.15, -0.1) is 0 Å². The average molecular weight is 297 g/mol. The van der Waals surface area contributed by atoms with Crippen molar-refractivity contribution in [1.29, 1.82) is 0 Å². The number of ether oxygens (including phenoxy) is 1. The Morgan fingerprint density at radius 3 is 2.33 bits per heavy atom. The van der Waals surface area contributed by atoms with Crippen LogP contribution in [0.15, 0.2) is 0 Å². The molecule has 2 heterocycles. The van der Waals surface area contributed by atoms with Gasteiger partial charge in [-0.1, -0.05) is 13.8 Å². The quantitative estimate of drug-likeness (QED) is 0.844. The third-order valence-corrected chi connectivity index (χ3v) is 5.10. The third kappa shape index (κ3) is 3.57. The standard InChI is InChI=1S/C16H27NO4/c1-3-11(4-2)15(18)17-8-5-12(6-9-17)14-13(16(19)20)7-10-21-14/h11-14H,3-10H2,1-2H3,(H,19,20)/t13?,14-/m0/s1. The molecule has 5 nitrogen and oxygen atoms in total. The molecular weight excluding hydrogens is 270 g/mol. The van der Waals surface area contributed by atoms with Crippen LogP contribution in [0.5, 0.6) is 0 Å². The number of carbonyl (C=O) groups is 2. The molecule has 0 aromatic heterocycles. The van der Waals surface area contributed by atoms with E-state index in [0.717, 1.165) is 38.8 Å². The fourth-order valence-corrected chi connectivity index (χ4v) is 3.68. The summed E-state index contributed by atoms with van der Waals surface area (Å²) >= 11 is 0. The number of aliphatic carboxylic acids is 1. The number of amides is 1. The average Bonchev–Trinajstić information content (AvgIpc) is 2.98. The number of piperidine rings is 1. The monoisotopic (exact) mass is 297 g/mol. The summed E-state index contributed by atoms with van der Waals surface area (Å²) in [5.74, 6) is -0.430. The van der Waals surface area contributed by atoms with E-state index in [-0.39, 0.29) is 29.8 Å². The number of carboxylic acids is 1. The van der Waals surface area contributed by atoms with E-state index >= 15 is 0 Å². The molecule has 21 heavy (non-hydrogen) atoms. The van der Waals surface area contributed by atoms with Gasteiger partial charge < -0.3 is 14.7 Å². The molecule has 1 unspecified atom stereocenters. The molecule has 0 spiro atoms. The Labute approximate surface area is 126 Å². The Balaban J connectivity index is 1.88. The molecule has 0 aliphatic carbocycles. The number of rotatable bonds is 5. The molecule has 0 saturated carbocycles. The Morgan fingerprint density at radius 1 is 1.19 bits per heavy atom. The molecule has 0 bridgehead atoms. The second-order valence-corrected chi connectivity index (χ2v) is 6.24. The molecule has 0 radical (unpaired) electrons. The van der Waals surface area contributed by atoms with E-state index in [9.17, 15) is 14.7 Å². The van der Waals surface area contributed by atoms with Gasteiger partial charge in [-0.3, -0.25) is 9.59 Å². The van der Waals surface area contributed by atoms with Gasteiger partial charge in [0.05, 0.1) is 12.0 Å². The van der Waals surface area contributed by atoms with Gasteiger partial charge in [0.1, 0.15) is 0 Å². The van der Waals surface area contributed by atoms with Crippen LogP contribution >= 0.6 is 0 Å². The van der Waals surface area contributed by atoms with Crippen LogP contribution < -0.4 is 0 Å². The maximum Gasteiger partial charge on any atom is 0.309 e. The van der Waals surface area contributed by atoms with Gasteiger partial charge in [-0.25, -0.2) is 0 Å². The zero-order chi connectivity index (χ0) is 15.4. The first kappa shape index (κ1) is 16.3. The molecule has 2 atom stereocenters. The zero-order valence-electron chi connectivity index (χ0n) is 13.1. The Morgan fingerprint density at radius 2 is 1.81 bits per heavy atom. The van der Waals surface area contributed by atoms with Crippen molar-refractivity contribution in [1.82, 2.24) is 4.90 Å². The summed E-state index contributed by atoms with van der Waals surface area (Å²) in [6.07, 6.45) is 3.96. The van der Waals surface area contributed by atoms with E-state index in [4.69, 9.17) is 4.74 Å². The van der Waals surface area contributed by atoms with Crippen molar-refractivity contribution in [2.45, 2.75) is 52.1 Å². The maximum atomic E-state index is 12.4. The minimum atomic E-state index is -0.743. The highest BCUT2D eigenvalue weighted by molar-refractivity contribution is 5.78. The second kappa shape index (κ2) is 7.25. The molecule has 5 heteroatoms. The fraction of sp³-hybridized carbons (Fsp3) is 0.875. The SMILES string of the molecule is CCC(CC)C(=O)N1CCC([C@@H]2OCCC2C(=O)O)CC1. The number of carboxylic acid groups (broad SMARTS) is 1. The largest absolute Gasteiger partial charge is 0.481 e. The summed E-state index contributed by atoms with van der Waals surface area (Å²) < 4.78 is 5.67. The number of hydrogen-bond donors (Lipinski definition) is 1. The first-order valence-corrected chi connectivity index (χ1v) is 8.21. The Hall–Kier alpha value is -1.10. The fourth-order valence-electron chi connectivity index (χ4n) is 3.68. The lowest BCUT2D eigenvalue weighted by Crippen LogP contribution is -2.45. The highest BCUT2D eigenvalue weighted by Crippen LogP contribution is 2.33. The van der Waals surface area contributed by atoms with Gasteiger partial charge in [0.25, 0.3) is 0 Å². The van der Waals surface area contributed by atoms with Gasteiger partial charge in [-0.2, -0.15) is 0 Å². The van der Waals surface area contributed by atoms with Crippen molar-refractivity contribution in [2.75, 3.05) is 19.7 Å². The number of carbonyl (C=O) groups excluding carboxylic acids is 1. The number of nitrogens with zero attached hydrogens (tertiary/aromatic N) is 1. The predicted octanol–water partition coefficient (Wildman–Crippen LogP) is 2.15. The second-order valence-electron chi connectivity index (χ2n) is 6.24. The van der Waals surface area contributed by atoms with Crippen LogP contribution in [0, 0.1) is 17.8 Å². The molecule has 0 aromatic carbocycles. The van der Waals surface area contributed by atoms with Crippen molar-refractivity contribution < 1.29 is 19.4 Å². The molecule has 2 saturated heterocycles. The van der Waals surface area contributed by atoms with Crippen molar-refractivity contribution in [3.63, 3.8) is 0 Å². The molecule has 2 aliphatic rings. The van der Waals surface area contributed by atoms with Crippen LogP contribution in [0.3, 0.4) is 0 Å². The van der Waals surface area contributed by atoms with Crippen LogP contribution in [0.1, 0.15) is 46.0 Å². The molecular formula is C16H27NO4. The van der Waals surface area contributed by atoms with Gasteiger partial charge in [0.2, 0.25) is 5.91 Å². The van der Waals surface area contributed by atoms with E-state index in [2.05, 4.69) is 13.8 Å². The normalized spacial score (nSPS) is 27.3. The lowest BCUT2D eigenvalue weighted by molar-refractivity contribution is -0.146. The molecule has 1 amide bonds. The number of hydrogen-bond acceptors (Lipinski definition) is 3. The van der Waals surface area contributed by atoms with Crippen LogP contribution in [-0.2, 0) is 14.3 Å². The summed E-state index contributed by atoms with van der Waals surface area (Å²) in [4.78, 5) is 25.6. The van der Waals surface area contributed by atoms with Crippen molar-refractivity contribution >= 4 is 11.9 Å². The van der Waals surface area contributed by atoms with Gasteiger partial charge in [0, 0.05) is 25.6 Å². The van der Waals surface area contributed by atoms with E-state index in [0.29, 0.717) is 13.0 Å². The van der Waals surface area contributed by atoms with Crippen LogP contribution in [0.25, 0.3) is 0 Å². The summed E-state index contributed by atoms with van der Waals surface area (Å²) in [5, 5.41) is 9.25. The summed E-state index contributed by atoms with van der Waals surface area (Å²) in [5.41, 5.74) is 0. The first-order valence-electron chi connectivity index (χ1n) is 8.21. The first-order chi connectivity index (χ1) is 10.1. The maximum absolute atomic E-state index is 12.4. The van der Waals surface area contributed by atoms with Gasteiger partial charge in [-0.05, 0) is 38.0 Å². The summed E-state index contributed by atoms with van der Waals surface area (Å²) in [6.45, 7) is 6.15. The van der Waals surface area contributed by atoms with Crippen LogP contribution in [0.4, 0.5) is 0 Å². The van der Waals surface area contributed by atoms with Crippen LogP contribution in [-0.4, -0.2) is 47.7 Å². The van der Waals surface area contributed by atoms with E-state index in [1.807, 2.05) is 4.90 Å². The molecule has 0 aromatic rings.